The van der Waals surface area contributed by atoms with Crippen molar-refractivity contribution in [2.24, 2.45) is 0 Å². The van der Waals surface area contributed by atoms with Crippen molar-refractivity contribution in [3.05, 3.63) is 18.0 Å². The van der Waals surface area contributed by atoms with Crippen molar-refractivity contribution in [2.75, 3.05) is 6.54 Å². The highest BCUT2D eigenvalue weighted by atomic mass is 35.7. The Hall–Kier alpha value is -1.01. The summed E-state index contributed by atoms with van der Waals surface area (Å²) >= 11 is 0. The maximum Gasteiger partial charge on any atom is 0.270 e. The SMILES string of the molecule is CC(C)n1cc(S(=O)(=O)Cl)cc1C(=O)N1CCCC1(C)C. The molecule has 7 heteroatoms. The number of carbonyl (C=O) groups excluding carboxylic acids is 1. The molecule has 1 saturated heterocycles. The number of hydrogen-bond donors (Lipinski definition) is 0. The third kappa shape index (κ3) is 3.11. The van der Waals surface area contributed by atoms with Gasteiger partial charge in [0.1, 0.15) is 10.6 Å². The maximum atomic E-state index is 12.8. The van der Waals surface area contributed by atoms with Gasteiger partial charge >= 0.3 is 0 Å². The molecular weight excluding hydrogens is 312 g/mol. The van der Waals surface area contributed by atoms with Crippen LogP contribution in [-0.4, -0.2) is 35.9 Å². The summed E-state index contributed by atoms with van der Waals surface area (Å²) in [6.45, 7) is 8.55. The van der Waals surface area contributed by atoms with Gasteiger partial charge in [-0.15, -0.1) is 0 Å². The van der Waals surface area contributed by atoms with E-state index in [1.165, 1.54) is 12.3 Å². The second kappa shape index (κ2) is 5.32. The molecule has 1 aliphatic rings. The smallest absolute Gasteiger partial charge is 0.270 e. The Morgan fingerprint density at radius 1 is 1.38 bits per heavy atom. The molecule has 21 heavy (non-hydrogen) atoms. The molecule has 5 nitrogen and oxygen atoms in total. The lowest BCUT2D eigenvalue weighted by Gasteiger charge is -2.32. The summed E-state index contributed by atoms with van der Waals surface area (Å²) in [5.74, 6) is -0.141. The van der Waals surface area contributed by atoms with Crippen LogP contribution in [0.2, 0.25) is 0 Å². The van der Waals surface area contributed by atoms with E-state index in [0.29, 0.717) is 12.2 Å². The fraction of sp³-hybridized carbons (Fsp3) is 0.643. The molecule has 1 fully saturated rings. The highest BCUT2D eigenvalue weighted by Crippen LogP contribution is 2.31. The topological polar surface area (TPSA) is 59.4 Å². The van der Waals surface area contributed by atoms with Gasteiger partial charge in [0.2, 0.25) is 0 Å². The first-order valence-electron chi connectivity index (χ1n) is 7.02. The van der Waals surface area contributed by atoms with E-state index >= 15 is 0 Å². The molecule has 2 heterocycles. The molecule has 1 amide bonds. The van der Waals surface area contributed by atoms with Gasteiger partial charge in [-0.05, 0) is 46.6 Å². The van der Waals surface area contributed by atoms with E-state index in [9.17, 15) is 13.2 Å². The van der Waals surface area contributed by atoms with Crippen LogP contribution in [0.15, 0.2) is 17.2 Å². The number of halogens is 1. The highest BCUT2D eigenvalue weighted by molar-refractivity contribution is 8.13. The molecule has 0 bridgehead atoms. The highest BCUT2D eigenvalue weighted by Gasteiger charge is 2.37. The zero-order valence-corrected chi connectivity index (χ0v) is 14.3. The molecule has 0 spiro atoms. The molecule has 2 rings (SSSR count). The monoisotopic (exact) mass is 332 g/mol. The third-order valence-corrected chi connectivity index (χ3v) is 5.35. The molecule has 1 aliphatic heterocycles. The average molecular weight is 333 g/mol. The second-order valence-corrected chi connectivity index (χ2v) is 8.94. The van der Waals surface area contributed by atoms with Crippen molar-refractivity contribution in [2.45, 2.75) is 57.0 Å². The van der Waals surface area contributed by atoms with Crippen LogP contribution in [0.4, 0.5) is 0 Å². The molecule has 0 N–H and O–H groups in total. The van der Waals surface area contributed by atoms with Crippen LogP contribution >= 0.6 is 10.7 Å². The van der Waals surface area contributed by atoms with E-state index < -0.39 is 9.05 Å². The molecule has 118 valence electrons. The van der Waals surface area contributed by atoms with Crippen molar-refractivity contribution in [3.8, 4) is 0 Å². The van der Waals surface area contributed by atoms with Gasteiger partial charge in [-0.2, -0.15) is 0 Å². The Kier molecular flexibility index (Phi) is 4.14. The number of nitrogens with zero attached hydrogens (tertiary/aromatic N) is 2. The number of hydrogen-bond acceptors (Lipinski definition) is 3. The molecule has 0 aliphatic carbocycles. The fourth-order valence-electron chi connectivity index (χ4n) is 2.81. The predicted molar refractivity (Wildman–Crippen MR) is 82.2 cm³/mol. The maximum absolute atomic E-state index is 12.8. The van der Waals surface area contributed by atoms with Crippen LogP contribution in [0, 0.1) is 0 Å². The summed E-state index contributed by atoms with van der Waals surface area (Å²) in [4.78, 5) is 14.6. The van der Waals surface area contributed by atoms with Crippen LogP contribution in [0.5, 0.6) is 0 Å². The van der Waals surface area contributed by atoms with Gasteiger partial charge in [-0.25, -0.2) is 8.42 Å². The number of aromatic nitrogens is 1. The standard InChI is InChI=1S/C14H21ClN2O3S/c1-10(2)16-9-11(21(15,19)20)8-12(16)13(18)17-7-5-6-14(17,3)4/h8-10H,5-7H2,1-4H3. The van der Waals surface area contributed by atoms with E-state index in [-0.39, 0.29) is 22.4 Å². The summed E-state index contributed by atoms with van der Waals surface area (Å²) in [5, 5.41) is 0. The van der Waals surface area contributed by atoms with Gasteiger partial charge in [0.15, 0.2) is 0 Å². The minimum Gasteiger partial charge on any atom is -0.340 e. The summed E-state index contributed by atoms with van der Waals surface area (Å²) in [7, 11) is 1.56. The third-order valence-electron chi connectivity index (χ3n) is 4.03. The van der Waals surface area contributed by atoms with E-state index in [1.807, 2.05) is 32.6 Å². The number of likely N-dealkylation sites (tertiary alicyclic amines) is 1. The predicted octanol–water partition coefficient (Wildman–Crippen LogP) is 3.01. The van der Waals surface area contributed by atoms with Crippen LogP contribution in [0.3, 0.4) is 0 Å². The van der Waals surface area contributed by atoms with Gasteiger partial charge < -0.3 is 9.47 Å². The lowest BCUT2D eigenvalue weighted by molar-refractivity contribution is 0.0639. The van der Waals surface area contributed by atoms with Gasteiger partial charge in [0, 0.05) is 35.0 Å². The van der Waals surface area contributed by atoms with Crippen LogP contribution < -0.4 is 0 Å². The van der Waals surface area contributed by atoms with Gasteiger partial charge in [-0.3, -0.25) is 4.79 Å². The zero-order chi connectivity index (χ0) is 16.0. The molecule has 0 unspecified atom stereocenters. The molecule has 1 aromatic rings. The van der Waals surface area contributed by atoms with Gasteiger partial charge in [-0.1, -0.05) is 0 Å². The van der Waals surface area contributed by atoms with Crippen molar-refractivity contribution < 1.29 is 13.2 Å². The molecule has 0 atom stereocenters. The van der Waals surface area contributed by atoms with E-state index in [0.717, 1.165) is 12.8 Å². The minimum atomic E-state index is -3.84. The Morgan fingerprint density at radius 2 is 2.00 bits per heavy atom. The molecule has 0 saturated carbocycles. The van der Waals surface area contributed by atoms with Crippen molar-refractivity contribution in [1.82, 2.24) is 9.47 Å². The number of amides is 1. The summed E-state index contributed by atoms with van der Waals surface area (Å²) < 4.78 is 24.7. The minimum absolute atomic E-state index is 0.0261. The normalized spacial score (nSPS) is 18.5. The Bertz CT molecular complexity index is 662. The lowest BCUT2D eigenvalue weighted by Crippen LogP contribution is -2.43. The Morgan fingerprint density at radius 3 is 2.43 bits per heavy atom. The molecular formula is C14H21ClN2O3S. The van der Waals surface area contributed by atoms with E-state index in [4.69, 9.17) is 10.7 Å². The fourth-order valence-corrected chi connectivity index (χ4v) is 3.55. The quantitative estimate of drug-likeness (QED) is 0.799. The van der Waals surface area contributed by atoms with Crippen LogP contribution in [0.25, 0.3) is 0 Å². The average Bonchev–Trinajstić information content (AvgIpc) is 2.90. The summed E-state index contributed by atoms with van der Waals surface area (Å²) in [6.07, 6.45) is 3.34. The van der Waals surface area contributed by atoms with Crippen LogP contribution in [0.1, 0.15) is 57.1 Å². The van der Waals surface area contributed by atoms with Gasteiger partial charge in [0.05, 0.1) is 0 Å². The van der Waals surface area contributed by atoms with E-state index in [1.54, 1.807) is 4.57 Å². The van der Waals surface area contributed by atoms with Gasteiger partial charge in [0.25, 0.3) is 15.0 Å². The van der Waals surface area contributed by atoms with Crippen LogP contribution in [-0.2, 0) is 9.05 Å². The first-order chi connectivity index (χ1) is 9.54. The first-order valence-corrected chi connectivity index (χ1v) is 9.33. The lowest BCUT2D eigenvalue weighted by atomic mass is 10.0. The summed E-state index contributed by atoms with van der Waals surface area (Å²) in [5.41, 5.74) is 0.169. The van der Waals surface area contributed by atoms with Crippen molar-refractivity contribution >= 4 is 25.6 Å². The zero-order valence-electron chi connectivity index (χ0n) is 12.8. The van der Waals surface area contributed by atoms with Crippen molar-refractivity contribution in [1.29, 1.82) is 0 Å². The Labute approximate surface area is 130 Å². The van der Waals surface area contributed by atoms with E-state index in [2.05, 4.69) is 0 Å². The number of carbonyl (C=O) groups is 1. The number of rotatable bonds is 3. The summed E-state index contributed by atoms with van der Waals surface area (Å²) in [6, 6.07) is 1.35. The molecule has 0 radical (unpaired) electrons. The largest absolute Gasteiger partial charge is 0.340 e. The molecule has 1 aromatic heterocycles. The van der Waals surface area contributed by atoms with Crippen molar-refractivity contribution in [3.63, 3.8) is 0 Å². The Balaban J connectivity index is 2.48. The second-order valence-electron chi connectivity index (χ2n) is 6.37. The first kappa shape index (κ1) is 16.4. The molecule has 0 aromatic carbocycles.